The molecule has 1 amide bonds. The van der Waals surface area contributed by atoms with Crippen molar-refractivity contribution in [2.45, 2.75) is 37.8 Å². The van der Waals surface area contributed by atoms with Crippen LogP contribution in [0.4, 0.5) is 10.2 Å². The fraction of sp³-hybridized carbons (Fsp3) is 0.440. The minimum Gasteiger partial charge on any atom is -0.339 e. The SMILES string of the molecule is Cc1c([C@@H]2CN3CCN(C(=O)C4CCc5cc(N=CN=NN)ncc54)C[C@@H]3CN2)ccc(F)c1C#N. The van der Waals surface area contributed by atoms with Gasteiger partial charge in [-0.25, -0.2) is 14.4 Å². The summed E-state index contributed by atoms with van der Waals surface area (Å²) < 4.78 is 14.0. The lowest BCUT2D eigenvalue weighted by molar-refractivity contribution is -0.136. The van der Waals surface area contributed by atoms with Crippen LogP contribution < -0.4 is 11.2 Å². The second-order valence-electron chi connectivity index (χ2n) is 9.45. The fourth-order valence-electron chi connectivity index (χ4n) is 5.67. The van der Waals surface area contributed by atoms with Gasteiger partial charge in [0.2, 0.25) is 5.91 Å². The van der Waals surface area contributed by atoms with Gasteiger partial charge in [-0.05, 0) is 54.2 Å². The van der Waals surface area contributed by atoms with Gasteiger partial charge in [0.25, 0.3) is 0 Å². The number of fused-ring (bicyclic) bond motifs is 2. The highest BCUT2D eigenvalue weighted by Gasteiger charge is 2.39. The lowest BCUT2D eigenvalue weighted by atomic mass is 9.93. The van der Waals surface area contributed by atoms with Crippen LogP contribution in [-0.4, -0.2) is 65.8 Å². The Bertz CT molecular complexity index is 1270. The molecule has 3 heterocycles. The molecule has 3 aliphatic rings. The number of hydrogen-bond donors (Lipinski definition) is 2. The fourth-order valence-corrected chi connectivity index (χ4v) is 5.67. The van der Waals surface area contributed by atoms with Crippen molar-refractivity contribution in [2.75, 3.05) is 32.7 Å². The molecule has 2 aliphatic heterocycles. The van der Waals surface area contributed by atoms with E-state index in [1.165, 1.54) is 12.4 Å². The molecule has 0 bridgehead atoms. The lowest BCUT2D eigenvalue weighted by Crippen LogP contribution is -2.63. The first-order valence-electron chi connectivity index (χ1n) is 12.1. The number of aliphatic imine (C=N–C) groups is 1. The van der Waals surface area contributed by atoms with Crippen LogP contribution in [0.15, 0.2) is 39.7 Å². The zero-order valence-corrected chi connectivity index (χ0v) is 20.1. The van der Waals surface area contributed by atoms with Crippen molar-refractivity contribution >= 4 is 18.1 Å². The molecule has 5 rings (SSSR count). The maximum Gasteiger partial charge on any atom is 0.230 e. The topological polar surface area (TPSA) is 135 Å². The summed E-state index contributed by atoms with van der Waals surface area (Å²) in [4.78, 5) is 26.3. The van der Waals surface area contributed by atoms with Crippen LogP contribution in [0.25, 0.3) is 0 Å². The van der Waals surface area contributed by atoms with Crippen LogP contribution in [0.1, 0.15) is 46.2 Å². The molecule has 3 atom stereocenters. The van der Waals surface area contributed by atoms with E-state index < -0.39 is 5.82 Å². The van der Waals surface area contributed by atoms with Crippen LogP contribution >= 0.6 is 0 Å². The molecule has 11 heteroatoms. The number of piperazine rings is 2. The Morgan fingerprint density at radius 1 is 1.33 bits per heavy atom. The number of aromatic nitrogens is 1. The van der Waals surface area contributed by atoms with E-state index in [0.29, 0.717) is 24.5 Å². The first-order valence-corrected chi connectivity index (χ1v) is 12.1. The molecule has 2 fully saturated rings. The van der Waals surface area contributed by atoms with Crippen molar-refractivity contribution in [1.29, 1.82) is 5.26 Å². The third-order valence-corrected chi connectivity index (χ3v) is 7.57. The van der Waals surface area contributed by atoms with Crippen LogP contribution in [0, 0.1) is 24.1 Å². The minimum absolute atomic E-state index is 0.0205. The van der Waals surface area contributed by atoms with E-state index in [1.54, 1.807) is 19.2 Å². The van der Waals surface area contributed by atoms with Crippen molar-refractivity contribution < 1.29 is 9.18 Å². The molecule has 0 radical (unpaired) electrons. The molecular formula is C25H28FN9O. The second-order valence-corrected chi connectivity index (χ2v) is 9.45. The van der Waals surface area contributed by atoms with Gasteiger partial charge < -0.3 is 16.1 Å². The molecule has 186 valence electrons. The molecule has 36 heavy (non-hydrogen) atoms. The smallest absolute Gasteiger partial charge is 0.230 e. The van der Waals surface area contributed by atoms with E-state index in [2.05, 4.69) is 30.5 Å². The minimum atomic E-state index is -0.481. The van der Waals surface area contributed by atoms with Crippen molar-refractivity contribution in [3.05, 3.63) is 58.0 Å². The number of rotatable bonds is 4. The van der Waals surface area contributed by atoms with Gasteiger partial charge in [0.05, 0.1) is 11.5 Å². The number of pyridine rings is 1. The van der Waals surface area contributed by atoms with Crippen molar-refractivity contribution in [3.63, 3.8) is 0 Å². The molecule has 0 spiro atoms. The van der Waals surface area contributed by atoms with Gasteiger partial charge in [-0.3, -0.25) is 9.69 Å². The van der Waals surface area contributed by atoms with E-state index in [-0.39, 0.29) is 29.5 Å². The number of hydrogen-bond acceptors (Lipinski definition) is 7. The normalized spacial score (nSPS) is 24.1. The second kappa shape index (κ2) is 10.1. The van der Waals surface area contributed by atoms with Gasteiger partial charge in [0.15, 0.2) is 5.82 Å². The van der Waals surface area contributed by atoms with Crippen LogP contribution in [0.5, 0.6) is 0 Å². The summed E-state index contributed by atoms with van der Waals surface area (Å²) in [6, 6.07) is 7.25. The Kier molecular flexibility index (Phi) is 6.71. The summed E-state index contributed by atoms with van der Waals surface area (Å²) in [5.41, 5.74) is 3.82. The number of carbonyl (C=O) groups excluding carboxylic acids is 1. The molecule has 2 aromatic rings. The van der Waals surface area contributed by atoms with E-state index in [1.807, 2.05) is 17.0 Å². The average Bonchev–Trinajstić information content (AvgIpc) is 3.31. The third-order valence-electron chi connectivity index (χ3n) is 7.57. The first-order chi connectivity index (χ1) is 17.5. The highest BCUT2D eigenvalue weighted by molar-refractivity contribution is 5.85. The number of carbonyl (C=O) groups is 1. The number of nitrogens with one attached hydrogen (secondary N) is 1. The molecule has 1 aromatic heterocycles. The van der Waals surface area contributed by atoms with Crippen molar-refractivity contribution in [1.82, 2.24) is 20.1 Å². The summed E-state index contributed by atoms with van der Waals surface area (Å²) in [5, 5.41) is 19.5. The number of nitrogens with two attached hydrogens (primary N) is 1. The predicted octanol–water partition coefficient (Wildman–Crippen LogP) is 2.27. The number of benzene rings is 1. The van der Waals surface area contributed by atoms with E-state index in [4.69, 9.17) is 5.84 Å². The highest BCUT2D eigenvalue weighted by atomic mass is 19.1. The zero-order chi connectivity index (χ0) is 25.2. The van der Waals surface area contributed by atoms with Gasteiger partial charge in [0.1, 0.15) is 18.2 Å². The zero-order valence-electron chi connectivity index (χ0n) is 20.1. The summed E-state index contributed by atoms with van der Waals surface area (Å²) in [6.07, 6.45) is 4.57. The van der Waals surface area contributed by atoms with E-state index in [9.17, 15) is 14.4 Å². The quantitative estimate of drug-likeness (QED) is 0.222. The molecule has 1 aromatic carbocycles. The largest absolute Gasteiger partial charge is 0.339 e. The van der Waals surface area contributed by atoms with Gasteiger partial charge in [-0.2, -0.15) is 5.26 Å². The Balaban J connectivity index is 1.23. The van der Waals surface area contributed by atoms with Gasteiger partial charge >= 0.3 is 0 Å². The number of amides is 1. The molecule has 0 saturated carbocycles. The van der Waals surface area contributed by atoms with Gasteiger partial charge in [-0.15, -0.1) is 5.11 Å². The lowest BCUT2D eigenvalue weighted by Gasteiger charge is -2.47. The van der Waals surface area contributed by atoms with E-state index in [0.717, 1.165) is 49.2 Å². The maximum absolute atomic E-state index is 14.0. The molecule has 3 N–H and O–H groups in total. The third kappa shape index (κ3) is 4.45. The number of halogens is 1. The molecule has 2 saturated heterocycles. The van der Waals surface area contributed by atoms with Crippen LogP contribution in [0.3, 0.4) is 0 Å². The summed E-state index contributed by atoms with van der Waals surface area (Å²) in [7, 11) is 0. The summed E-state index contributed by atoms with van der Waals surface area (Å²) >= 11 is 0. The number of nitrogens with zero attached hydrogens (tertiary/aromatic N) is 7. The number of aryl methyl sites for hydroxylation is 1. The predicted molar refractivity (Wildman–Crippen MR) is 131 cm³/mol. The first kappa shape index (κ1) is 24.0. The van der Waals surface area contributed by atoms with Crippen LogP contribution in [0.2, 0.25) is 0 Å². The monoisotopic (exact) mass is 489 g/mol. The van der Waals surface area contributed by atoms with Gasteiger partial charge in [-0.1, -0.05) is 11.3 Å². The average molecular weight is 490 g/mol. The highest BCUT2D eigenvalue weighted by Crippen LogP contribution is 2.36. The molecule has 1 unspecified atom stereocenters. The Hall–Kier alpha value is -3.75. The standard InChI is InChI=1S/C25H28FN9O/c1-15-18(4-5-22(26)20(15)9-27)23-13-34-6-7-35(12-17(34)10-29-23)25(36)19-3-2-16-8-24(30-11-21(16)19)31-14-32-33-28/h4-5,8,11,14,17,19,23,29H,2-3,6-7,10,12-13H2,1H3,(H2,28,30,31,32)/t17-,19?,23-/m0/s1. The summed E-state index contributed by atoms with van der Waals surface area (Å²) in [6.45, 7) is 5.39. The molecule has 10 nitrogen and oxygen atoms in total. The number of nitriles is 1. The molecular weight excluding hydrogens is 461 g/mol. The van der Waals surface area contributed by atoms with Crippen LogP contribution in [-0.2, 0) is 11.2 Å². The van der Waals surface area contributed by atoms with Crippen molar-refractivity contribution in [3.8, 4) is 6.07 Å². The Labute approximate surface area is 208 Å². The van der Waals surface area contributed by atoms with Crippen molar-refractivity contribution in [2.24, 2.45) is 21.2 Å². The maximum atomic E-state index is 14.0. The Morgan fingerprint density at radius 2 is 2.19 bits per heavy atom. The van der Waals surface area contributed by atoms with E-state index >= 15 is 0 Å². The molecule has 1 aliphatic carbocycles. The Morgan fingerprint density at radius 3 is 3.00 bits per heavy atom. The van der Waals surface area contributed by atoms with Gasteiger partial charge in [0, 0.05) is 51.0 Å². The summed E-state index contributed by atoms with van der Waals surface area (Å²) in [5.74, 6) is 4.98.